The maximum atomic E-state index is 14.7. The average molecular weight is 1380 g/mol. The standard InChI is InChI=1S/C76H138NO18P/c1-10-17-21-25-28-31-32-33-34-35-36-37-39-42-46-50-58-86-73-72(87-59-53-64(84-9)52-48-43-24-20-13-4)70(95-96(82,90-55-15-6)91-56-16-7)65(61-83-8)93-75(73)89-62-66-69(94-76(81)88-54-14-5)71(85-57-49-45-41-30-27-23-19-12-3)68(74(80)92-66)77-67(79)60-63(78)51-47-44-40-38-29-26-22-18-11-2/h14-16,31-32,64-66,68-75,80H,5-7,10-13,17-30,33-62H2,1-4,8-9H3,(H,77,79)/b32-31-/t64-,65-,66-,68-,69-,70-,71-,72+,73-,74+,75+/m1/s1. The molecule has 0 unspecified atom stereocenters. The second-order valence-electron chi connectivity index (χ2n) is 26.2. The Morgan fingerprint density at radius 2 is 0.979 bits per heavy atom. The molecule has 11 atom stereocenters. The highest BCUT2D eigenvalue weighted by molar-refractivity contribution is 7.48. The number of hydrogen-bond donors (Lipinski definition) is 2. The fourth-order valence-electron chi connectivity index (χ4n) is 12.2. The molecule has 0 radical (unpaired) electrons. The number of unbranched alkanes of at least 4 members (excludes halogenated alkanes) is 31. The Kier molecular flexibility index (Phi) is 56.5. The van der Waals surface area contributed by atoms with Gasteiger partial charge in [0.1, 0.15) is 55.1 Å². The van der Waals surface area contributed by atoms with Crippen molar-refractivity contribution >= 4 is 25.7 Å². The molecule has 0 aromatic carbocycles. The van der Waals surface area contributed by atoms with Gasteiger partial charge in [0.15, 0.2) is 18.7 Å². The maximum Gasteiger partial charge on any atom is 0.509 e. The summed E-state index contributed by atoms with van der Waals surface area (Å²) >= 11 is 0. The summed E-state index contributed by atoms with van der Waals surface area (Å²) in [7, 11) is -1.22. The minimum Gasteiger partial charge on any atom is -0.430 e. The summed E-state index contributed by atoms with van der Waals surface area (Å²) in [5, 5.41) is 14.9. The first-order chi connectivity index (χ1) is 46.9. The van der Waals surface area contributed by atoms with Crippen molar-refractivity contribution in [3.63, 3.8) is 0 Å². The molecule has 0 aliphatic carbocycles. The van der Waals surface area contributed by atoms with Crippen LogP contribution in [0.15, 0.2) is 50.1 Å². The lowest BCUT2D eigenvalue weighted by molar-refractivity contribution is -0.329. The number of hydrogen-bond acceptors (Lipinski definition) is 18. The summed E-state index contributed by atoms with van der Waals surface area (Å²) in [6.45, 7) is 19.6. The van der Waals surface area contributed by atoms with Gasteiger partial charge >= 0.3 is 14.0 Å². The van der Waals surface area contributed by atoms with Gasteiger partial charge in [-0.3, -0.25) is 23.2 Å². The highest BCUT2D eigenvalue weighted by atomic mass is 31.2. The molecule has 0 aromatic rings. The van der Waals surface area contributed by atoms with Crippen LogP contribution in [0.1, 0.15) is 285 Å². The zero-order valence-electron chi connectivity index (χ0n) is 61.1. The normalized spacial score (nSPS) is 21.7. The van der Waals surface area contributed by atoms with Gasteiger partial charge in [0.25, 0.3) is 0 Å². The van der Waals surface area contributed by atoms with Gasteiger partial charge in [0.2, 0.25) is 5.91 Å². The molecule has 0 aromatic heterocycles. The molecule has 2 saturated heterocycles. The quantitative estimate of drug-likeness (QED) is 0.0190. The number of ether oxygens (including phenoxy) is 10. The van der Waals surface area contributed by atoms with E-state index in [1.807, 2.05) is 0 Å². The molecular formula is C76H138NO18P. The van der Waals surface area contributed by atoms with Crippen LogP contribution in [-0.4, -0.2) is 157 Å². The van der Waals surface area contributed by atoms with Crippen molar-refractivity contribution in [3.05, 3.63) is 50.1 Å². The van der Waals surface area contributed by atoms with Crippen molar-refractivity contribution in [2.24, 2.45) is 0 Å². The van der Waals surface area contributed by atoms with Crippen molar-refractivity contribution in [3.8, 4) is 0 Å². The largest absolute Gasteiger partial charge is 0.509 e. The summed E-state index contributed by atoms with van der Waals surface area (Å²) in [4.78, 5) is 40.9. The molecule has 2 heterocycles. The molecule has 1 amide bonds. The number of phosphoric acid groups is 1. The molecule has 2 aliphatic rings. The fourth-order valence-corrected chi connectivity index (χ4v) is 13.5. The smallest absolute Gasteiger partial charge is 0.430 e. The van der Waals surface area contributed by atoms with Crippen molar-refractivity contribution in [2.45, 2.75) is 352 Å². The number of nitrogens with one attached hydrogen (secondary N) is 1. The van der Waals surface area contributed by atoms with Gasteiger partial charge in [-0.05, 0) is 57.8 Å². The van der Waals surface area contributed by atoms with Gasteiger partial charge < -0.3 is 57.8 Å². The van der Waals surface area contributed by atoms with Gasteiger partial charge in [-0.25, -0.2) is 9.36 Å². The third-order valence-corrected chi connectivity index (χ3v) is 19.2. The number of rotatable bonds is 67. The Labute approximate surface area is 582 Å². The Morgan fingerprint density at radius 3 is 1.50 bits per heavy atom. The van der Waals surface area contributed by atoms with Crippen LogP contribution in [0.25, 0.3) is 0 Å². The van der Waals surface area contributed by atoms with Gasteiger partial charge in [0.05, 0.1) is 39.0 Å². The summed E-state index contributed by atoms with van der Waals surface area (Å²) in [5.41, 5.74) is 0. The van der Waals surface area contributed by atoms with E-state index in [0.717, 1.165) is 116 Å². The highest BCUT2D eigenvalue weighted by Crippen LogP contribution is 2.53. The summed E-state index contributed by atoms with van der Waals surface area (Å²) in [6.07, 6.45) is 37.1. The van der Waals surface area contributed by atoms with Crippen LogP contribution in [0.4, 0.5) is 4.79 Å². The molecular weight excluding hydrogens is 1250 g/mol. The number of phosphoric ester groups is 1. The first kappa shape index (κ1) is 89.2. The minimum absolute atomic E-state index is 0.106. The third kappa shape index (κ3) is 42.4. The summed E-state index contributed by atoms with van der Waals surface area (Å²) in [5.74, 6) is -0.855. The molecule has 19 nitrogen and oxygen atoms in total. The maximum absolute atomic E-state index is 14.7. The Bertz CT molecular complexity index is 1980. The molecule has 2 rings (SSSR count). The topological polar surface area (TPSA) is 221 Å². The Hall–Kier alpha value is -2.88. The van der Waals surface area contributed by atoms with Crippen LogP contribution in [-0.2, 0) is 75.1 Å². The lowest BCUT2D eigenvalue weighted by Gasteiger charge is -2.47. The zero-order chi connectivity index (χ0) is 70.0. The number of aliphatic hydroxyl groups excluding tert-OH is 1. The van der Waals surface area contributed by atoms with E-state index < -0.39 is 94.3 Å². The van der Waals surface area contributed by atoms with Gasteiger partial charge in [0, 0.05) is 40.5 Å². The van der Waals surface area contributed by atoms with Crippen LogP contribution >= 0.6 is 7.82 Å². The molecule has 96 heavy (non-hydrogen) atoms. The fraction of sp³-hybridized carbons (Fsp3) is 0.855. The number of carbonyl (C=O) groups excluding carboxylic acids is 3. The number of amides is 1. The predicted molar refractivity (Wildman–Crippen MR) is 382 cm³/mol. The van der Waals surface area contributed by atoms with Crippen molar-refractivity contribution in [1.29, 1.82) is 0 Å². The first-order valence-corrected chi connectivity index (χ1v) is 39.5. The van der Waals surface area contributed by atoms with Crippen LogP contribution < -0.4 is 5.32 Å². The molecule has 560 valence electrons. The van der Waals surface area contributed by atoms with E-state index in [-0.39, 0.29) is 64.6 Å². The van der Waals surface area contributed by atoms with Gasteiger partial charge in [-0.15, -0.1) is 13.2 Å². The van der Waals surface area contributed by atoms with Crippen LogP contribution in [0.3, 0.4) is 0 Å². The second kappa shape index (κ2) is 60.8. The van der Waals surface area contributed by atoms with E-state index in [1.165, 1.54) is 128 Å². The number of Topliss-reactive ketones (excluding diaryl/α,β-unsaturated/α-hetero) is 1. The minimum atomic E-state index is -4.41. The Morgan fingerprint density at radius 1 is 0.510 bits per heavy atom. The SMILES string of the molecule is C=CCOC(=O)O[C@H]1[C@H](OCCCCCCCCCC)[C@@H](NC(=O)CC(=O)CCCCCCCCCCC)[C@@H](O)O[C@@H]1CO[C@H]1O[C@H](COC)[C@@H](OP(=O)(OCC=C)OCC=C)[C@H](OCC[C@@H](CCCCCCC)OC)[C@H]1OCCCCCCCCCC/C=C\CCCCCC. The van der Waals surface area contributed by atoms with Crippen molar-refractivity contribution < 1.29 is 85.0 Å². The van der Waals surface area contributed by atoms with E-state index in [4.69, 9.17) is 60.9 Å². The molecule has 0 bridgehead atoms. The summed E-state index contributed by atoms with van der Waals surface area (Å²) in [6, 6.07) is -1.30. The van der Waals surface area contributed by atoms with E-state index in [1.54, 1.807) is 7.11 Å². The summed E-state index contributed by atoms with van der Waals surface area (Å²) < 4.78 is 96.3. The van der Waals surface area contributed by atoms with E-state index in [0.29, 0.717) is 25.7 Å². The van der Waals surface area contributed by atoms with Gasteiger partial charge in [-0.2, -0.15) is 0 Å². The van der Waals surface area contributed by atoms with Crippen LogP contribution in [0, 0.1) is 0 Å². The number of allylic oxidation sites excluding steroid dienone is 2. The average Bonchev–Trinajstić information content (AvgIpc) is 0.790. The van der Waals surface area contributed by atoms with E-state index >= 15 is 0 Å². The lowest BCUT2D eigenvalue weighted by atomic mass is 9.95. The molecule has 2 N–H and O–H groups in total. The van der Waals surface area contributed by atoms with Crippen LogP contribution in [0.2, 0.25) is 0 Å². The third-order valence-electron chi connectivity index (χ3n) is 17.7. The predicted octanol–water partition coefficient (Wildman–Crippen LogP) is 18.2. The van der Waals surface area contributed by atoms with E-state index in [9.17, 15) is 24.1 Å². The van der Waals surface area contributed by atoms with Crippen molar-refractivity contribution in [1.82, 2.24) is 5.32 Å². The first-order valence-electron chi connectivity index (χ1n) is 38.1. The van der Waals surface area contributed by atoms with E-state index in [2.05, 4.69) is 64.9 Å². The highest BCUT2D eigenvalue weighted by Gasteiger charge is 2.54. The number of methoxy groups -OCH3 is 2. The number of aliphatic hydroxyl groups is 1. The zero-order valence-corrected chi connectivity index (χ0v) is 62.0. The molecule has 0 saturated carbocycles. The monoisotopic (exact) mass is 1380 g/mol. The second-order valence-corrected chi connectivity index (χ2v) is 27.8. The number of ketones is 1. The molecule has 2 fully saturated rings. The lowest BCUT2D eigenvalue weighted by Crippen LogP contribution is -2.66. The number of carbonyl (C=O) groups is 3. The van der Waals surface area contributed by atoms with Crippen LogP contribution in [0.5, 0.6) is 0 Å². The Balaban J connectivity index is 2.61. The van der Waals surface area contributed by atoms with Crippen molar-refractivity contribution in [2.75, 3.05) is 67.1 Å². The molecule has 0 spiro atoms. The van der Waals surface area contributed by atoms with Gasteiger partial charge in [-0.1, -0.05) is 251 Å². The molecule has 2 aliphatic heterocycles. The molecule has 20 heteroatoms.